The summed E-state index contributed by atoms with van der Waals surface area (Å²) < 4.78 is 16.2. The highest BCUT2D eigenvalue weighted by molar-refractivity contribution is 5.93. The van der Waals surface area contributed by atoms with Crippen molar-refractivity contribution < 1.29 is 33.4 Å². The summed E-state index contributed by atoms with van der Waals surface area (Å²) in [5, 5.41) is 2.63. The minimum absolute atomic E-state index is 0.0203. The third-order valence-electron chi connectivity index (χ3n) is 8.30. The number of piperidine rings is 2. The predicted molar refractivity (Wildman–Crippen MR) is 151 cm³/mol. The monoisotopic (exact) mass is 562 g/mol. The quantitative estimate of drug-likeness (QED) is 0.389. The summed E-state index contributed by atoms with van der Waals surface area (Å²) in [5.41, 5.74) is 3.56. The van der Waals surface area contributed by atoms with Crippen molar-refractivity contribution in [3.8, 4) is 11.1 Å². The van der Waals surface area contributed by atoms with Gasteiger partial charge in [0, 0.05) is 12.0 Å². The lowest BCUT2D eigenvalue weighted by Crippen LogP contribution is -2.64. The standard InChI is InChI=1S/C32H38N2O7/c1-32(2,3)41-27(35)17-26(29(36)34-20-15-13-19(14-16-20)28(34)30(37)39-4)33-31(38)40-18-25-23-11-7-5-9-21(23)22-10-6-8-12-24(22)25/h5-12,19-20,25-26,28H,13-18H2,1-4H3,(H,33,38)/t19?,20?,26-,28-/m0/s1. The van der Waals surface area contributed by atoms with Crippen LogP contribution >= 0.6 is 0 Å². The summed E-state index contributed by atoms with van der Waals surface area (Å²) in [6.07, 6.45) is 1.96. The Bertz CT molecular complexity index is 1280. The molecule has 2 bridgehead atoms. The van der Waals surface area contributed by atoms with E-state index in [4.69, 9.17) is 14.2 Å². The predicted octanol–water partition coefficient (Wildman–Crippen LogP) is 4.57. The Morgan fingerprint density at radius 3 is 2.07 bits per heavy atom. The number of nitrogens with one attached hydrogen (secondary N) is 1. The van der Waals surface area contributed by atoms with Gasteiger partial charge in [0.25, 0.3) is 0 Å². The molecule has 2 aromatic rings. The molecule has 2 saturated heterocycles. The van der Waals surface area contributed by atoms with E-state index in [2.05, 4.69) is 5.32 Å². The van der Waals surface area contributed by atoms with Crippen molar-refractivity contribution in [1.29, 1.82) is 0 Å². The van der Waals surface area contributed by atoms with Crippen LogP contribution in [0.15, 0.2) is 48.5 Å². The zero-order chi connectivity index (χ0) is 29.3. The highest BCUT2D eigenvalue weighted by atomic mass is 16.6. The second-order valence-corrected chi connectivity index (χ2v) is 12.1. The van der Waals surface area contributed by atoms with Crippen LogP contribution in [0.25, 0.3) is 11.1 Å². The summed E-state index contributed by atoms with van der Waals surface area (Å²) in [6.45, 7) is 5.26. The maximum atomic E-state index is 14.0. The molecular weight excluding hydrogens is 524 g/mol. The molecule has 0 spiro atoms. The van der Waals surface area contributed by atoms with E-state index in [1.165, 1.54) is 12.0 Å². The molecule has 2 amide bonds. The van der Waals surface area contributed by atoms with Crippen molar-refractivity contribution >= 4 is 23.9 Å². The van der Waals surface area contributed by atoms with Crippen LogP contribution in [-0.4, -0.2) is 66.3 Å². The molecule has 218 valence electrons. The Morgan fingerprint density at radius 1 is 0.927 bits per heavy atom. The number of hydrogen-bond acceptors (Lipinski definition) is 7. The van der Waals surface area contributed by atoms with Gasteiger partial charge in [-0.25, -0.2) is 9.59 Å². The van der Waals surface area contributed by atoms with Crippen LogP contribution in [0.3, 0.4) is 0 Å². The Hall–Kier alpha value is -3.88. The summed E-state index contributed by atoms with van der Waals surface area (Å²) in [7, 11) is 1.31. The average Bonchev–Trinajstić information content (AvgIpc) is 3.27. The number of alkyl carbamates (subject to hydrolysis) is 1. The van der Waals surface area contributed by atoms with Crippen molar-refractivity contribution in [1.82, 2.24) is 10.2 Å². The molecule has 0 radical (unpaired) electrons. The molecule has 6 rings (SSSR count). The topological polar surface area (TPSA) is 111 Å². The normalized spacial score (nSPS) is 21.9. The van der Waals surface area contributed by atoms with Gasteiger partial charge in [0.15, 0.2) is 0 Å². The number of carbonyl (C=O) groups is 4. The molecule has 9 nitrogen and oxygen atoms in total. The summed E-state index contributed by atoms with van der Waals surface area (Å²) in [6, 6.07) is 13.8. The lowest BCUT2D eigenvalue weighted by atomic mass is 9.74. The van der Waals surface area contributed by atoms with E-state index in [1.54, 1.807) is 20.8 Å². The molecule has 41 heavy (non-hydrogen) atoms. The van der Waals surface area contributed by atoms with Crippen LogP contribution < -0.4 is 5.32 Å². The lowest BCUT2D eigenvalue weighted by Gasteiger charge is -2.50. The van der Waals surface area contributed by atoms with Gasteiger partial charge < -0.3 is 24.4 Å². The fourth-order valence-corrected chi connectivity index (χ4v) is 6.61. The van der Waals surface area contributed by atoms with Crippen molar-refractivity contribution in [3.05, 3.63) is 59.7 Å². The van der Waals surface area contributed by atoms with E-state index in [-0.39, 0.29) is 30.9 Å². The summed E-state index contributed by atoms with van der Waals surface area (Å²) in [4.78, 5) is 54.3. The smallest absolute Gasteiger partial charge is 0.407 e. The maximum absolute atomic E-state index is 14.0. The van der Waals surface area contributed by atoms with Gasteiger partial charge in [-0.3, -0.25) is 9.59 Å². The van der Waals surface area contributed by atoms with Crippen molar-refractivity contribution in [2.75, 3.05) is 13.7 Å². The van der Waals surface area contributed by atoms with Crippen molar-refractivity contribution in [2.24, 2.45) is 5.92 Å². The molecule has 2 aliphatic carbocycles. The van der Waals surface area contributed by atoms with E-state index < -0.39 is 41.6 Å². The number of ether oxygens (including phenoxy) is 3. The molecule has 9 heteroatoms. The van der Waals surface area contributed by atoms with Crippen LogP contribution in [0.1, 0.15) is 69.9 Å². The molecule has 1 N–H and O–H groups in total. The largest absolute Gasteiger partial charge is 0.467 e. The number of benzene rings is 2. The van der Waals surface area contributed by atoms with E-state index in [0.29, 0.717) is 0 Å². The number of hydrogen-bond donors (Lipinski definition) is 1. The van der Waals surface area contributed by atoms with E-state index in [9.17, 15) is 19.2 Å². The van der Waals surface area contributed by atoms with Gasteiger partial charge in [-0.15, -0.1) is 0 Å². The number of methoxy groups -OCH3 is 1. The number of esters is 2. The molecule has 2 aliphatic heterocycles. The van der Waals surface area contributed by atoms with Crippen LogP contribution in [0.4, 0.5) is 4.79 Å². The Labute approximate surface area is 240 Å². The van der Waals surface area contributed by atoms with E-state index in [0.717, 1.165) is 47.9 Å². The number of carbonyl (C=O) groups excluding carboxylic acids is 4. The maximum Gasteiger partial charge on any atom is 0.407 e. The number of amides is 2. The van der Waals surface area contributed by atoms with Gasteiger partial charge in [-0.2, -0.15) is 0 Å². The number of rotatable bonds is 7. The first-order chi connectivity index (χ1) is 19.6. The molecule has 0 aromatic heterocycles. The summed E-state index contributed by atoms with van der Waals surface area (Å²) >= 11 is 0. The van der Waals surface area contributed by atoms with Crippen LogP contribution in [0.2, 0.25) is 0 Å². The van der Waals surface area contributed by atoms with Crippen LogP contribution in [0.5, 0.6) is 0 Å². The van der Waals surface area contributed by atoms with Gasteiger partial charge in [0.2, 0.25) is 5.91 Å². The molecule has 1 saturated carbocycles. The fourth-order valence-electron chi connectivity index (χ4n) is 6.61. The minimum Gasteiger partial charge on any atom is -0.467 e. The van der Waals surface area contributed by atoms with Gasteiger partial charge in [0.05, 0.1) is 13.5 Å². The van der Waals surface area contributed by atoms with Gasteiger partial charge >= 0.3 is 18.0 Å². The fraction of sp³-hybridized carbons (Fsp3) is 0.500. The first-order valence-corrected chi connectivity index (χ1v) is 14.3. The Kier molecular flexibility index (Phi) is 8.07. The Morgan fingerprint density at radius 2 is 1.51 bits per heavy atom. The molecule has 0 unspecified atom stereocenters. The van der Waals surface area contributed by atoms with E-state index >= 15 is 0 Å². The second kappa shape index (κ2) is 11.5. The first kappa shape index (κ1) is 28.6. The molecule has 2 aromatic carbocycles. The van der Waals surface area contributed by atoms with Crippen LogP contribution in [-0.2, 0) is 28.6 Å². The number of nitrogens with zero attached hydrogens (tertiary/aromatic N) is 1. The number of fused-ring (bicyclic) bond motifs is 6. The lowest BCUT2D eigenvalue weighted by molar-refractivity contribution is -0.167. The highest BCUT2D eigenvalue weighted by Gasteiger charge is 2.50. The van der Waals surface area contributed by atoms with E-state index in [1.807, 2.05) is 48.5 Å². The highest BCUT2D eigenvalue weighted by Crippen LogP contribution is 2.44. The molecule has 3 fully saturated rings. The van der Waals surface area contributed by atoms with Gasteiger partial charge in [-0.1, -0.05) is 48.5 Å². The molecule has 4 aliphatic rings. The molecule has 2 heterocycles. The van der Waals surface area contributed by atoms with Gasteiger partial charge in [0.1, 0.15) is 24.3 Å². The first-order valence-electron chi connectivity index (χ1n) is 14.3. The molecular formula is C32H38N2O7. The SMILES string of the molecule is COC(=O)[C@@H]1C2CCC(CC2)N1C(=O)[C@H](CC(=O)OC(C)(C)C)NC(=O)OCC1c2ccccc2-c2ccccc21. The average molecular weight is 563 g/mol. The zero-order valence-electron chi connectivity index (χ0n) is 24.1. The second-order valence-electron chi connectivity index (χ2n) is 12.1. The third-order valence-corrected chi connectivity index (χ3v) is 8.30. The Balaban J connectivity index is 1.34. The molecule has 2 atom stereocenters. The van der Waals surface area contributed by atoms with Gasteiger partial charge in [-0.05, 0) is 74.6 Å². The minimum atomic E-state index is -1.26. The zero-order valence-corrected chi connectivity index (χ0v) is 24.1. The third kappa shape index (κ3) is 5.94. The van der Waals surface area contributed by atoms with Crippen molar-refractivity contribution in [3.63, 3.8) is 0 Å². The van der Waals surface area contributed by atoms with Crippen molar-refractivity contribution in [2.45, 2.75) is 82.5 Å². The summed E-state index contributed by atoms with van der Waals surface area (Å²) in [5.74, 6) is -1.80. The van der Waals surface area contributed by atoms with Crippen LogP contribution in [0, 0.1) is 5.92 Å².